The molecule has 0 N–H and O–H groups in total. The Balaban J connectivity index is 2.36. The average Bonchev–Trinajstić information content (AvgIpc) is 2.47. The predicted octanol–water partition coefficient (Wildman–Crippen LogP) is 3.40. The van der Waals surface area contributed by atoms with Crippen LogP contribution in [0.3, 0.4) is 0 Å². The van der Waals surface area contributed by atoms with Crippen LogP contribution in [0, 0.1) is 0 Å². The summed E-state index contributed by atoms with van der Waals surface area (Å²) >= 11 is 0. The van der Waals surface area contributed by atoms with Crippen LogP contribution in [-0.2, 0) is 34.7 Å². The van der Waals surface area contributed by atoms with Gasteiger partial charge in [-0.05, 0) is 31.4 Å². The number of hydrogen-bond donors (Lipinski definition) is 0. The number of carbonyl (C=O) groups is 2. The highest BCUT2D eigenvalue weighted by Gasteiger charge is 2.24. The minimum Gasteiger partial charge on any atom is -0.422 e. The second-order valence-electron chi connectivity index (χ2n) is 5.23. The zero-order valence-electron chi connectivity index (χ0n) is 13.5. The maximum atomic E-state index is 11.4. The van der Waals surface area contributed by atoms with Gasteiger partial charge in [0.25, 0.3) is 0 Å². The van der Waals surface area contributed by atoms with Crippen molar-refractivity contribution in [3.8, 4) is 0 Å². The average molecular weight is 324 g/mol. The molecule has 0 bridgehead atoms. The molecule has 126 valence electrons. The van der Waals surface area contributed by atoms with Crippen LogP contribution in [0.2, 0.25) is 0 Å². The number of ether oxygens (including phenoxy) is 2. The third kappa shape index (κ3) is 6.50. The molecule has 7 nitrogen and oxygen atoms in total. The molecular weight excluding hydrogens is 304 g/mol. The van der Waals surface area contributed by atoms with Crippen molar-refractivity contribution >= 4 is 12.1 Å². The summed E-state index contributed by atoms with van der Waals surface area (Å²) in [4.78, 5) is 31.9. The summed E-state index contributed by atoms with van der Waals surface area (Å²) in [5.74, 6) is -0.687. The largest absolute Gasteiger partial charge is 0.545 e. The normalized spacial score (nSPS) is 12.2. The first kappa shape index (κ1) is 18.7. The van der Waals surface area contributed by atoms with Crippen LogP contribution in [0.15, 0.2) is 42.5 Å². The van der Waals surface area contributed by atoms with Crippen molar-refractivity contribution in [2.45, 2.75) is 39.6 Å². The van der Waals surface area contributed by atoms with Gasteiger partial charge in [-0.15, -0.1) is 0 Å². The summed E-state index contributed by atoms with van der Waals surface area (Å²) in [5.41, 5.74) is 0.151. The van der Waals surface area contributed by atoms with E-state index >= 15 is 0 Å². The van der Waals surface area contributed by atoms with E-state index in [0.717, 1.165) is 5.56 Å². The third-order valence-electron chi connectivity index (χ3n) is 2.70. The van der Waals surface area contributed by atoms with Crippen molar-refractivity contribution in [1.29, 1.82) is 0 Å². The fourth-order valence-electron chi connectivity index (χ4n) is 1.45. The monoisotopic (exact) mass is 324 g/mol. The second kappa shape index (κ2) is 8.30. The molecule has 0 aliphatic carbocycles. The lowest BCUT2D eigenvalue weighted by molar-refractivity contribution is -0.521. The summed E-state index contributed by atoms with van der Waals surface area (Å²) in [6.45, 7) is 9.67. The van der Waals surface area contributed by atoms with E-state index in [9.17, 15) is 9.59 Å². The topological polar surface area (TPSA) is 80.3 Å². The minimum atomic E-state index is -1.21. The van der Waals surface area contributed by atoms with Crippen molar-refractivity contribution in [2.75, 3.05) is 0 Å². The van der Waals surface area contributed by atoms with Gasteiger partial charge in [-0.3, -0.25) is 0 Å². The predicted molar refractivity (Wildman–Crippen MR) is 79.6 cm³/mol. The summed E-state index contributed by atoms with van der Waals surface area (Å²) in [6.07, 6.45) is -2.37. The maximum absolute atomic E-state index is 11.4. The van der Waals surface area contributed by atoms with Gasteiger partial charge in [0, 0.05) is 12.5 Å². The van der Waals surface area contributed by atoms with E-state index in [1.807, 2.05) is 30.3 Å². The molecule has 0 aliphatic heterocycles. The van der Waals surface area contributed by atoms with Crippen LogP contribution in [-0.4, -0.2) is 18.4 Å². The van der Waals surface area contributed by atoms with E-state index in [-0.39, 0.29) is 5.57 Å². The Kier molecular flexibility index (Phi) is 6.74. The van der Waals surface area contributed by atoms with Gasteiger partial charge in [0.05, 0.1) is 0 Å². The smallest absolute Gasteiger partial charge is 0.422 e. The van der Waals surface area contributed by atoms with Crippen LogP contribution in [0.5, 0.6) is 0 Å². The van der Waals surface area contributed by atoms with Crippen LogP contribution < -0.4 is 0 Å². The molecule has 0 spiro atoms. The number of carbonyl (C=O) groups excluding carboxylic acids is 2. The molecule has 1 unspecified atom stereocenters. The minimum absolute atomic E-state index is 0.179. The molecule has 0 fully saturated rings. The van der Waals surface area contributed by atoms with Gasteiger partial charge in [0.2, 0.25) is 6.29 Å². The highest BCUT2D eigenvalue weighted by Crippen LogP contribution is 2.24. The summed E-state index contributed by atoms with van der Waals surface area (Å²) in [6, 6.07) is 9.21. The van der Waals surface area contributed by atoms with Crippen molar-refractivity contribution in [3.63, 3.8) is 0 Å². The Labute approximate surface area is 134 Å². The lowest BCUT2D eigenvalue weighted by Crippen LogP contribution is -2.25. The number of rotatable bonds is 7. The van der Waals surface area contributed by atoms with Gasteiger partial charge in [0.1, 0.15) is 5.60 Å². The van der Waals surface area contributed by atoms with E-state index in [1.165, 1.54) is 13.8 Å². The second-order valence-corrected chi connectivity index (χ2v) is 5.23. The molecule has 0 saturated carbocycles. The van der Waals surface area contributed by atoms with Gasteiger partial charge < -0.3 is 9.47 Å². The van der Waals surface area contributed by atoms with Crippen molar-refractivity contribution in [1.82, 2.24) is 0 Å². The van der Waals surface area contributed by atoms with E-state index in [4.69, 9.17) is 9.62 Å². The number of hydrogen-bond acceptors (Lipinski definition) is 7. The first-order valence-corrected chi connectivity index (χ1v) is 6.87. The SMILES string of the molecule is C=C(C)C(=O)OC(C)OC(=O)OOOC(C)(C)c1ccccc1. The van der Waals surface area contributed by atoms with Crippen molar-refractivity contribution in [3.05, 3.63) is 48.0 Å². The van der Waals surface area contributed by atoms with Crippen LogP contribution in [0.25, 0.3) is 0 Å². The van der Waals surface area contributed by atoms with Gasteiger partial charge in [-0.2, -0.15) is 4.89 Å². The van der Waals surface area contributed by atoms with Crippen molar-refractivity contribution < 1.29 is 33.9 Å². The molecule has 7 heteroatoms. The molecule has 0 radical (unpaired) electrons. The zero-order valence-corrected chi connectivity index (χ0v) is 13.5. The molecule has 0 heterocycles. The molecule has 1 aromatic carbocycles. The van der Waals surface area contributed by atoms with Crippen LogP contribution in [0.4, 0.5) is 4.79 Å². The first-order chi connectivity index (χ1) is 10.7. The van der Waals surface area contributed by atoms with Crippen molar-refractivity contribution in [2.24, 2.45) is 0 Å². The van der Waals surface area contributed by atoms with Gasteiger partial charge in [-0.25, -0.2) is 14.5 Å². The summed E-state index contributed by atoms with van der Waals surface area (Å²) in [7, 11) is 0. The fourth-order valence-corrected chi connectivity index (χ4v) is 1.45. The number of esters is 1. The van der Waals surface area contributed by atoms with Gasteiger partial charge in [0.15, 0.2) is 0 Å². The zero-order chi connectivity index (χ0) is 17.5. The molecule has 1 atom stereocenters. The summed E-state index contributed by atoms with van der Waals surface area (Å²) in [5, 5.41) is 4.44. The first-order valence-electron chi connectivity index (χ1n) is 6.87. The Hall–Kier alpha value is -2.38. The van der Waals surface area contributed by atoms with Gasteiger partial charge >= 0.3 is 12.1 Å². The lowest BCUT2D eigenvalue weighted by atomic mass is 9.99. The van der Waals surface area contributed by atoms with E-state index in [1.54, 1.807) is 13.8 Å². The number of benzene rings is 1. The maximum Gasteiger partial charge on any atom is 0.545 e. The molecule has 0 saturated heterocycles. The highest BCUT2D eigenvalue weighted by molar-refractivity contribution is 5.87. The molecule has 1 aromatic rings. The third-order valence-corrected chi connectivity index (χ3v) is 2.70. The highest BCUT2D eigenvalue weighted by atomic mass is 17.5. The van der Waals surface area contributed by atoms with Crippen LogP contribution >= 0.6 is 0 Å². The standard InChI is InChI=1S/C16H20O7/c1-11(2)14(17)19-12(3)20-15(18)21-23-22-16(4,5)13-9-7-6-8-10-13/h6-10,12H,1H2,2-5H3. The Morgan fingerprint density at radius 2 is 1.74 bits per heavy atom. The molecule has 1 rings (SSSR count). The summed E-state index contributed by atoms with van der Waals surface area (Å²) < 4.78 is 9.38. The molecule has 23 heavy (non-hydrogen) atoms. The van der Waals surface area contributed by atoms with E-state index in [0.29, 0.717) is 0 Å². The quantitative estimate of drug-likeness (QED) is 0.250. The molecule has 0 amide bonds. The molecular formula is C16H20O7. The Bertz CT molecular complexity index is 551. The fraction of sp³-hybridized carbons (Fsp3) is 0.375. The Morgan fingerprint density at radius 1 is 1.13 bits per heavy atom. The molecule has 0 aliphatic rings. The molecule has 0 aromatic heterocycles. The lowest BCUT2D eigenvalue weighted by Gasteiger charge is -2.22. The van der Waals surface area contributed by atoms with E-state index < -0.39 is 24.0 Å². The van der Waals surface area contributed by atoms with E-state index in [2.05, 4.69) is 21.2 Å². The Morgan fingerprint density at radius 3 is 2.30 bits per heavy atom. The van der Waals surface area contributed by atoms with Crippen LogP contribution in [0.1, 0.15) is 33.3 Å². The van der Waals surface area contributed by atoms with Gasteiger partial charge in [-0.1, -0.05) is 36.9 Å².